The van der Waals surface area contributed by atoms with E-state index in [9.17, 15) is 4.79 Å². The normalized spacial score (nSPS) is 14.3. The molecule has 8 heteroatoms. The zero-order valence-corrected chi connectivity index (χ0v) is 17.6. The van der Waals surface area contributed by atoms with Gasteiger partial charge in [-0.2, -0.15) is 0 Å². The molecule has 3 aromatic rings. The number of anilines is 3. The smallest absolute Gasteiger partial charge is 0.323 e. The minimum Gasteiger partial charge on any atom is -0.492 e. The monoisotopic (exact) mass is 421 g/mol. The molecule has 1 aromatic carbocycles. The van der Waals surface area contributed by atoms with Gasteiger partial charge in [-0.1, -0.05) is 12.1 Å². The van der Waals surface area contributed by atoms with E-state index >= 15 is 0 Å². The number of urea groups is 1. The van der Waals surface area contributed by atoms with Gasteiger partial charge in [-0.3, -0.25) is 4.90 Å². The predicted octanol–water partition coefficient (Wildman–Crippen LogP) is 4.04. The van der Waals surface area contributed by atoms with E-state index in [1.165, 1.54) is 0 Å². The number of carbonyl (C=O) groups excluding carboxylic acids is 1. The van der Waals surface area contributed by atoms with Gasteiger partial charge in [0.1, 0.15) is 17.3 Å². The van der Waals surface area contributed by atoms with E-state index in [1.807, 2.05) is 49.4 Å². The fourth-order valence-corrected chi connectivity index (χ4v) is 3.54. The molecule has 0 aliphatic carbocycles. The number of nitrogens with zero attached hydrogens (tertiary/aromatic N) is 3. The van der Waals surface area contributed by atoms with E-state index in [1.54, 1.807) is 18.5 Å². The summed E-state index contributed by atoms with van der Waals surface area (Å²) < 4.78 is 11.0. The molecule has 1 aliphatic rings. The van der Waals surface area contributed by atoms with Crippen molar-refractivity contribution in [2.75, 3.05) is 48.3 Å². The van der Waals surface area contributed by atoms with Crippen molar-refractivity contribution in [2.24, 2.45) is 0 Å². The first-order valence-corrected chi connectivity index (χ1v) is 10.5. The van der Waals surface area contributed by atoms with E-state index in [2.05, 4.69) is 25.4 Å². The van der Waals surface area contributed by atoms with Crippen LogP contribution in [-0.2, 0) is 6.54 Å². The topological polar surface area (TPSA) is 82.9 Å². The first-order valence-electron chi connectivity index (χ1n) is 10.5. The Kier molecular flexibility index (Phi) is 6.68. The van der Waals surface area contributed by atoms with Crippen LogP contribution in [-0.4, -0.2) is 48.7 Å². The van der Waals surface area contributed by atoms with E-state index in [0.29, 0.717) is 23.7 Å². The van der Waals surface area contributed by atoms with Gasteiger partial charge in [0.15, 0.2) is 0 Å². The summed E-state index contributed by atoms with van der Waals surface area (Å²) in [6.07, 6.45) is 3.39. The highest BCUT2D eigenvalue weighted by Crippen LogP contribution is 2.24. The zero-order valence-electron chi connectivity index (χ0n) is 17.6. The summed E-state index contributed by atoms with van der Waals surface area (Å²) in [6.45, 7) is 6.96. The third-order valence-corrected chi connectivity index (χ3v) is 5.10. The number of rotatable bonds is 7. The Morgan fingerprint density at radius 2 is 1.90 bits per heavy atom. The molecule has 0 bridgehead atoms. The molecule has 1 saturated heterocycles. The highest BCUT2D eigenvalue weighted by molar-refractivity contribution is 6.00. The molecule has 2 amide bonds. The number of nitrogens with one attached hydrogen (secondary N) is 2. The van der Waals surface area contributed by atoms with Crippen molar-refractivity contribution < 1.29 is 13.9 Å². The summed E-state index contributed by atoms with van der Waals surface area (Å²) in [5.41, 5.74) is 1.26. The zero-order chi connectivity index (χ0) is 21.5. The Morgan fingerprint density at radius 3 is 2.61 bits per heavy atom. The second-order valence-corrected chi connectivity index (χ2v) is 7.26. The molecular formula is C23H27N5O3. The minimum atomic E-state index is -0.340. The first kappa shape index (κ1) is 20.7. The lowest BCUT2D eigenvalue weighted by Gasteiger charge is -2.35. The van der Waals surface area contributed by atoms with Crippen molar-refractivity contribution in [3.8, 4) is 5.75 Å². The summed E-state index contributed by atoms with van der Waals surface area (Å²) >= 11 is 0. The second-order valence-electron chi connectivity index (χ2n) is 7.26. The average molecular weight is 422 g/mol. The van der Waals surface area contributed by atoms with Crippen molar-refractivity contribution in [1.82, 2.24) is 9.88 Å². The van der Waals surface area contributed by atoms with Crippen LogP contribution in [0, 0.1) is 0 Å². The van der Waals surface area contributed by atoms with Gasteiger partial charge < -0.3 is 24.7 Å². The molecule has 0 atom stereocenters. The van der Waals surface area contributed by atoms with Crippen molar-refractivity contribution in [1.29, 1.82) is 0 Å². The molecule has 8 nitrogen and oxygen atoms in total. The van der Waals surface area contributed by atoms with Crippen molar-refractivity contribution in [2.45, 2.75) is 13.5 Å². The largest absolute Gasteiger partial charge is 0.492 e. The van der Waals surface area contributed by atoms with Gasteiger partial charge in [-0.05, 0) is 43.3 Å². The minimum absolute atomic E-state index is 0.340. The number of para-hydroxylation sites is 2. The number of aromatic nitrogens is 1. The van der Waals surface area contributed by atoms with Crippen LogP contribution in [0.4, 0.5) is 22.0 Å². The van der Waals surface area contributed by atoms with E-state index in [4.69, 9.17) is 9.15 Å². The van der Waals surface area contributed by atoms with E-state index in [0.717, 1.165) is 44.3 Å². The third kappa shape index (κ3) is 5.55. The molecular weight excluding hydrogens is 394 g/mol. The Labute approximate surface area is 181 Å². The second kappa shape index (κ2) is 9.99. The lowest BCUT2D eigenvalue weighted by atomic mass is 10.3. The fourth-order valence-electron chi connectivity index (χ4n) is 3.54. The first-order chi connectivity index (χ1) is 15.2. The number of furan rings is 1. The predicted molar refractivity (Wildman–Crippen MR) is 121 cm³/mol. The third-order valence-electron chi connectivity index (χ3n) is 5.10. The number of amides is 2. The van der Waals surface area contributed by atoms with Crippen LogP contribution in [0.15, 0.2) is 65.4 Å². The molecule has 1 aliphatic heterocycles. The number of carbonyl (C=O) groups is 1. The summed E-state index contributed by atoms with van der Waals surface area (Å²) in [7, 11) is 0. The summed E-state index contributed by atoms with van der Waals surface area (Å²) in [5, 5.41) is 5.63. The Bertz CT molecular complexity index is 967. The maximum absolute atomic E-state index is 12.4. The van der Waals surface area contributed by atoms with Crippen LogP contribution < -0.4 is 20.3 Å². The molecule has 31 heavy (non-hydrogen) atoms. The van der Waals surface area contributed by atoms with Gasteiger partial charge in [0.25, 0.3) is 0 Å². The van der Waals surface area contributed by atoms with Crippen LogP contribution in [0.1, 0.15) is 12.7 Å². The molecule has 0 spiro atoms. The van der Waals surface area contributed by atoms with Gasteiger partial charge >= 0.3 is 6.03 Å². The van der Waals surface area contributed by atoms with Crippen molar-refractivity contribution >= 4 is 23.2 Å². The summed E-state index contributed by atoms with van der Waals surface area (Å²) in [4.78, 5) is 21.5. The van der Waals surface area contributed by atoms with Gasteiger partial charge in [0, 0.05) is 26.2 Å². The van der Waals surface area contributed by atoms with E-state index < -0.39 is 0 Å². The van der Waals surface area contributed by atoms with Gasteiger partial charge in [0.2, 0.25) is 0 Å². The number of benzene rings is 1. The molecule has 1 fully saturated rings. The maximum Gasteiger partial charge on any atom is 0.323 e. The van der Waals surface area contributed by atoms with Gasteiger partial charge in [0.05, 0.1) is 37.0 Å². The molecule has 0 radical (unpaired) electrons. The highest BCUT2D eigenvalue weighted by Gasteiger charge is 2.19. The van der Waals surface area contributed by atoms with Crippen LogP contribution >= 0.6 is 0 Å². The molecule has 0 saturated carbocycles. The summed E-state index contributed by atoms with van der Waals surface area (Å²) in [6, 6.07) is 14.7. The fraction of sp³-hybridized carbons (Fsp3) is 0.304. The molecule has 2 aromatic heterocycles. The number of piperazine rings is 1. The Hall–Kier alpha value is -3.52. The van der Waals surface area contributed by atoms with Gasteiger partial charge in [-0.25, -0.2) is 9.78 Å². The SMILES string of the molecule is CCOc1ccccc1NC(=O)Nc1ccc(N2CCN(Cc3ccco3)CC2)nc1. The molecule has 3 heterocycles. The Morgan fingerprint density at radius 1 is 1.06 bits per heavy atom. The molecule has 162 valence electrons. The number of pyridine rings is 1. The van der Waals surface area contributed by atoms with Crippen LogP contribution in [0.2, 0.25) is 0 Å². The average Bonchev–Trinajstić information content (AvgIpc) is 3.29. The Balaban J connectivity index is 1.28. The van der Waals surface area contributed by atoms with Crippen molar-refractivity contribution in [3.63, 3.8) is 0 Å². The molecule has 4 rings (SSSR count). The number of hydrogen-bond donors (Lipinski definition) is 2. The molecule has 2 N–H and O–H groups in total. The maximum atomic E-state index is 12.4. The standard InChI is InChI=1S/C23H27N5O3/c1-2-30-21-8-4-3-7-20(21)26-23(29)25-18-9-10-22(24-16-18)28-13-11-27(12-14-28)17-19-6-5-15-31-19/h3-10,15-16H,2,11-14,17H2,1H3,(H2,25,26,29). The lowest BCUT2D eigenvalue weighted by molar-refractivity contribution is 0.230. The van der Waals surface area contributed by atoms with E-state index in [-0.39, 0.29) is 6.03 Å². The molecule has 0 unspecified atom stereocenters. The summed E-state index contributed by atoms with van der Waals surface area (Å²) in [5.74, 6) is 2.54. The van der Waals surface area contributed by atoms with Crippen molar-refractivity contribution in [3.05, 3.63) is 66.8 Å². The van der Waals surface area contributed by atoms with Crippen LogP contribution in [0.3, 0.4) is 0 Å². The number of hydrogen-bond acceptors (Lipinski definition) is 6. The highest BCUT2D eigenvalue weighted by atomic mass is 16.5. The van der Waals surface area contributed by atoms with Crippen LogP contribution in [0.5, 0.6) is 5.75 Å². The van der Waals surface area contributed by atoms with Crippen LogP contribution in [0.25, 0.3) is 0 Å². The van der Waals surface area contributed by atoms with Gasteiger partial charge in [-0.15, -0.1) is 0 Å². The number of ether oxygens (including phenoxy) is 1. The quantitative estimate of drug-likeness (QED) is 0.599. The lowest BCUT2D eigenvalue weighted by Crippen LogP contribution is -2.46.